The summed E-state index contributed by atoms with van der Waals surface area (Å²) < 4.78 is 0. The SMILES string of the molecule is CC(C)Cc1ccc(-c2ccc(NC3=CC(=O)c4ncncc4C3=O)cc2)cc1. The lowest BCUT2D eigenvalue weighted by Gasteiger charge is -2.15. The average Bonchev–Trinajstić information content (AvgIpc) is 2.73. The maximum Gasteiger partial charge on any atom is 0.213 e. The van der Waals surface area contributed by atoms with E-state index in [4.69, 9.17) is 0 Å². The van der Waals surface area contributed by atoms with Crippen molar-refractivity contribution in [1.29, 1.82) is 0 Å². The Hall–Kier alpha value is -3.60. The van der Waals surface area contributed by atoms with Crippen LogP contribution in [-0.4, -0.2) is 21.5 Å². The van der Waals surface area contributed by atoms with Gasteiger partial charge in [-0.15, -0.1) is 0 Å². The Morgan fingerprint density at radius 2 is 1.59 bits per heavy atom. The molecule has 1 aromatic heterocycles. The van der Waals surface area contributed by atoms with Crippen LogP contribution in [0, 0.1) is 5.92 Å². The third kappa shape index (κ3) is 3.99. The molecule has 5 nitrogen and oxygen atoms in total. The molecular formula is C24H21N3O2. The largest absolute Gasteiger partial charge is 0.352 e. The van der Waals surface area contributed by atoms with E-state index in [9.17, 15) is 9.59 Å². The summed E-state index contributed by atoms with van der Waals surface area (Å²) in [6.45, 7) is 4.43. The maximum atomic E-state index is 12.6. The van der Waals surface area contributed by atoms with Gasteiger partial charge in [-0.3, -0.25) is 9.59 Å². The molecule has 1 aliphatic rings. The molecule has 3 aromatic rings. The van der Waals surface area contributed by atoms with Crippen molar-refractivity contribution < 1.29 is 9.59 Å². The van der Waals surface area contributed by atoms with Gasteiger partial charge in [0.1, 0.15) is 12.0 Å². The molecule has 0 fully saturated rings. The number of rotatable bonds is 5. The number of carbonyl (C=O) groups excluding carboxylic acids is 2. The van der Waals surface area contributed by atoms with Crippen molar-refractivity contribution in [2.24, 2.45) is 5.92 Å². The van der Waals surface area contributed by atoms with Gasteiger partial charge < -0.3 is 5.32 Å². The van der Waals surface area contributed by atoms with Gasteiger partial charge in [-0.1, -0.05) is 50.2 Å². The van der Waals surface area contributed by atoms with Crippen molar-refractivity contribution >= 4 is 17.3 Å². The molecule has 0 saturated heterocycles. The molecular weight excluding hydrogens is 362 g/mol. The Morgan fingerprint density at radius 1 is 0.931 bits per heavy atom. The molecule has 144 valence electrons. The Balaban J connectivity index is 1.50. The van der Waals surface area contributed by atoms with Crippen LogP contribution in [0.25, 0.3) is 11.1 Å². The molecule has 0 spiro atoms. The van der Waals surface area contributed by atoms with Gasteiger partial charge in [0.05, 0.1) is 11.3 Å². The number of hydrogen-bond acceptors (Lipinski definition) is 5. The average molecular weight is 383 g/mol. The zero-order valence-electron chi connectivity index (χ0n) is 16.3. The molecule has 0 saturated carbocycles. The minimum atomic E-state index is -0.303. The number of Topliss-reactive ketones (excluding diaryl/α,β-unsaturated/α-hetero) is 1. The van der Waals surface area contributed by atoms with Gasteiger partial charge in [-0.25, -0.2) is 9.97 Å². The highest BCUT2D eigenvalue weighted by Gasteiger charge is 2.27. The second-order valence-electron chi connectivity index (χ2n) is 7.53. The molecule has 4 rings (SSSR count). The number of hydrogen-bond donors (Lipinski definition) is 1. The Morgan fingerprint density at radius 3 is 2.24 bits per heavy atom. The van der Waals surface area contributed by atoms with Crippen molar-refractivity contribution in [3.8, 4) is 11.1 Å². The van der Waals surface area contributed by atoms with E-state index in [1.54, 1.807) is 0 Å². The van der Waals surface area contributed by atoms with E-state index in [0.29, 0.717) is 5.92 Å². The summed E-state index contributed by atoms with van der Waals surface area (Å²) in [6, 6.07) is 16.4. The molecule has 0 amide bonds. The van der Waals surface area contributed by atoms with Gasteiger partial charge in [-0.2, -0.15) is 0 Å². The summed E-state index contributed by atoms with van der Waals surface area (Å²) in [5.41, 5.74) is 4.88. The van der Waals surface area contributed by atoms with Crippen LogP contribution in [0.3, 0.4) is 0 Å². The van der Waals surface area contributed by atoms with Crippen LogP contribution in [0.1, 0.15) is 40.3 Å². The van der Waals surface area contributed by atoms with Gasteiger partial charge in [0.25, 0.3) is 0 Å². The lowest BCUT2D eigenvalue weighted by atomic mass is 9.98. The summed E-state index contributed by atoms with van der Waals surface area (Å²) in [6.07, 6.45) is 5.01. The zero-order valence-corrected chi connectivity index (χ0v) is 16.3. The van der Waals surface area contributed by atoms with Gasteiger partial charge in [0.15, 0.2) is 0 Å². The number of nitrogens with zero attached hydrogens (tertiary/aromatic N) is 2. The molecule has 0 unspecified atom stereocenters. The van der Waals surface area contributed by atoms with Crippen molar-refractivity contribution in [2.75, 3.05) is 5.32 Å². The van der Waals surface area contributed by atoms with E-state index in [-0.39, 0.29) is 28.5 Å². The fourth-order valence-corrected chi connectivity index (χ4v) is 3.40. The van der Waals surface area contributed by atoms with Crippen LogP contribution in [0.2, 0.25) is 0 Å². The molecule has 0 aliphatic heterocycles. The highest BCUT2D eigenvalue weighted by molar-refractivity contribution is 6.24. The predicted octanol–water partition coefficient (Wildman–Crippen LogP) is 4.72. The number of nitrogens with one attached hydrogen (secondary N) is 1. The molecule has 1 N–H and O–H groups in total. The third-order valence-electron chi connectivity index (χ3n) is 4.81. The standard InChI is InChI=1S/C24H21N3O2/c1-15(2)11-16-3-5-17(6-4-16)18-7-9-19(10-8-18)27-21-12-22(28)23-20(24(21)29)13-25-14-26-23/h3-10,12-15,27H,11H2,1-2H3. The quantitative estimate of drug-likeness (QED) is 0.690. The number of fused-ring (bicyclic) bond motifs is 1. The highest BCUT2D eigenvalue weighted by atomic mass is 16.1. The molecule has 0 radical (unpaired) electrons. The second kappa shape index (κ2) is 7.80. The number of carbonyl (C=O) groups is 2. The monoisotopic (exact) mass is 383 g/mol. The maximum absolute atomic E-state index is 12.6. The Labute approximate surface area is 169 Å². The summed E-state index contributed by atoms with van der Waals surface area (Å²) in [5.74, 6) is 0.0426. The summed E-state index contributed by atoms with van der Waals surface area (Å²) >= 11 is 0. The second-order valence-corrected chi connectivity index (χ2v) is 7.53. The first-order valence-corrected chi connectivity index (χ1v) is 9.58. The van der Waals surface area contributed by atoms with Crippen LogP contribution >= 0.6 is 0 Å². The van der Waals surface area contributed by atoms with Gasteiger partial charge >= 0.3 is 0 Å². The molecule has 29 heavy (non-hydrogen) atoms. The van der Waals surface area contributed by atoms with Crippen LogP contribution in [0.4, 0.5) is 5.69 Å². The van der Waals surface area contributed by atoms with E-state index in [1.807, 2.05) is 24.3 Å². The minimum Gasteiger partial charge on any atom is -0.352 e. The topological polar surface area (TPSA) is 72.0 Å². The lowest BCUT2D eigenvalue weighted by molar-refractivity contribution is 0.0981. The van der Waals surface area contributed by atoms with Crippen LogP contribution in [0.15, 0.2) is 72.8 Å². The Kier molecular flexibility index (Phi) is 5.04. The highest BCUT2D eigenvalue weighted by Crippen LogP contribution is 2.25. The van der Waals surface area contributed by atoms with Crippen LogP contribution in [-0.2, 0) is 6.42 Å². The lowest BCUT2D eigenvalue weighted by Crippen LogP contribution is -2.22. The van der Waals surface area contributed by atoms with Crippen LogP contribution < -0.4 is 5.32 Å². The molecule has 5 heteroatoms. The number of ketones is 2. The summed E-state index contributed by atoms with van der Waals surface area (Å²) in [7, 11) is 0. The molecule has 1 aliphatic carbocycles. The van der Waals surface area contributed by atoms with Gasteiger partial charge in [-0.05, 0) is 41.2 Å². The van der Waals surface area contributed by atoms with E-state index < -0.39 is 0 Å². The number of anilines is 1. The molecule has 1 heterocycles. The van der Waals surface area contributed by atoms with Crippen LogP contribution in [0.5, 0.6) is 0 Å². The first kappa shape index (κ1) is 18.7. The number of aromatic nitrogens is 2. The van der Waals surface area contributed by atoms with E-state index in [1.165, 1.54) is 24.2 Å². The van der Waals surface area contributed by atoms with Crippen molar-refractivity contribution in [3.63, 3.8) is 0 Å². The van der Waals surface area contributed by atoms with E-state index in [0.717, 1.165) is 23.2 Å². The third-order valence-corrected chi connectivity index (χ3v) is 4.81. The predicted molar refractivity (Wildman–Crippen MR) is 113 cm³/mol. The van der Waals surface area contributed by atoms with E-state index >= 15 is 0 Å². The fraction of sp³-hybridized carbons (Fsp3) is 0.167. The first-order chi connectivity index (χ1) is 14.0. The Bertz CT molecular complexity index is 1100. The fourth-order valence-electron chi connectivity index (χ4n) is 3.40. The summed E-state index contributed by atoms with van der Waals surface area (Å²) in [4.78, 5) is 32.6. The smallest absolute Gasteiger partial charge is 0.213 e. The molecule has 0 atom stereocenters. The molecule has 2 aromatic carbocycles. The zero-order chi connectivity index (χ0) is 20.4. The first-order valence-electron chi connectivity index (χ1n) is 9.58. The van der Waals surface area contributed by atoms with Crippen molar-refractivity contribution in [1.82, 2.24) is 9.97 Å². The normalized spacial score (nSPS) is 13.3. The van der Waals surface area contributed by atoms with Crippen molar-refractivity contribution in [3.05, 3.63) is 89.6 Å². The summed E-state index contributed by atoms with van der Waals surface area (Å²) in [5, 5.41) is 3.05. The van der Waals surface area contributed by atoms with E-state index in [2.05, 4.69) is 53.4 Å². The number of benzene rings is 2. The van der Waals surface area contributed by atoms with Gasteiger partial charge in [0.2, 0.25) is 11.6 Å². The van der Waals surface area contributed by atoms with Crippen molar-refractivity contribution in [2.45, 2.75) is 20.3 Å². The molecule has 0 bridgehead atoms. The minimum absolute atomic E-state index is 0.145. The number of allylic oxidation sites excluding steroid dienone is 2. The van der Waals surface area contributed by atoms with Gasteiger partial charge in [0, 0.05) is 18.0 Å².